The van der Waals surface area contributed by atoms with E-state index in [1.807, 2.05) is 25.1 Å². The van der Waals surface area contributed by atoms with Crippen molar-refractivity contribution in [1.82, 2.24) is 10.3 Å². The van der Waals surface area contributed by atoms with Gasteiger partial charge in [-0.05, 0) is 44.5 Å². The van der Waals surface area contributed by atoms with Crippen LogP contribution in [0.1, 0.15) is 17.7 Å². The van der Waals surface area contributed by atoms with E-state index >= 15 is 0 Å². The maximum absolute atomic E-state index is 12.4. The topological polar surface area (TPSA) is 72.5 Å². The number of hydrogen-bond acceptors (Lipinski definition) is 6. The fraction of sp³-hybridized carbons (Fsp3) is 0.444. The van der Waals surface area contributed by atoms with Gasteiger partial charge in [-0.2, -0.15) is 0 Å². The van der Waals surface area contributed by atoms with Crippen LogP contribution in [0.15, 0.2) is 18.2 Å². The normalized spacial score (nSPS) is 17.2. The molecule has 0 radical (unpaired) electrons. The van der Waals surface area contributed by atoms with E-state index in [-0.39, 0.29) is 11.8 Å². The number of anilines is 1. The Morgan fingerprint density at radius 3 is 2.80 bits per heavy atom. The molecule has 3 rings (SSSR count). The molecule has 2 N–H and O–H groups in total. The van der Waals surface area contributed by atoms with Gasteiger partial charge in [0.2, 0.25) is 5.91 Å². The lowest BCUT2D eigenvalue weighted by atomic mass is 9.99. The monoisotopic (exact) mass is 361 g/mol. The number of amides is 1. The molecule has 0 unspecified atom stereocenters. The minimum atomic E-state index is 0.0162. The van der Waals surface area contributed by atoms with Crippen molar-refractivity contribution < 1.29 is 14.3 Å². The first kappa shape index (κ1) is 17.7. The van der Waals surface area contributed by atoms with E-state index in [1.54, 1.807) is 14.2 Å². The molecular formula is C18H23N3O3S. The third kappa shape index (κ3) is 3.93. The quantitative estimate of drug-likeness (QED) is 0.856. The molecule has 1 atom stereocenters. The Kier molecular flexibility index (Phi) is 5.55. The van der Waals surface area contributed by atoms with Crippen molar-refractivity contribution in [2.45, 2.75) is 19.8 Å². The number of piperidine rings is 1. The molecule has 1 aromatic carbocycles. The number of carbonyl (C=O) groups is 1. The van der Waals surface area contributed by atoms with Crippen LogP contribution in [0.2, 0.25) is 0 Å². The molecule has 7 heteroatoms. The molecular weight excluding hydrogens is 338 g/mol. The van der Waals surface area contributed by atoms with Crippen LogP contribution in [-0.4, -0.2) is 38.2 Å². The third-order valence-electron chi connectivity index (χ3n) is 4.35. The van der Waals surface area contributed by atoms with Crippen LogP contribution in [0.5, 0.6) is 11.5 Å². The number of carbonyl (C=O) groups excluding carboxylic acids is 1. The van der Waals surface area contributed by atoms with Crippen LogP contribution in [0.3, 0.4) is 0 Å². The van der Waals surface area contributed by atoms with Gasteiger partial charge in [0.15, 0.2) is 16.6 Å². The molecule has 6 nitrogen and oxygen atoms in total. The highest BCUT2D eigenvalue weighted by atomic mass is 32.1. The van der Waals surface area contributed by atoms with Crippen LogP contribution in [0.25, 0.3) is 11.3 Å². The van der Waals surface area contributed by atoms with Crippen LogP contribution >= 0.6 is 11.3 Å². The van der Waals surface area contributed by atoms with Crippen LogP contribution < -0.4 is 20.1 Å². The van der Waals surface area contributed by atoms with Crippen molar-refractivity contribution in [3.8, 4) is 22.8 Å². The summed E-state index contributed by atoms with van der Waals surface area (Å²) in [6.07, 6.45) is 1.96. The summed E-state index contributed by atoms with van der Waals surface area (Å²) in [4.78, 5) is 18.0. The maximum Gasteiger partial charge on any atom is 0.230 e. The smallest absolute Gasteiger partial charge is 0.230 e. The number of ether oxygens (including phenoxy) is 2. The average molecular weight is 361 g/mol. The summed E-state index contributed by atoms with van der Waals surface area (Å²) in [5.41, 5.74) is 1.79. The molecule has 25 heavy (non-hydrogen) atoms. The summed E-state index contributed by atoms with van der Waals surface area (Å²) < 4.78 is 10.6. The Labute approximate surface area is 151 Å². The molecule has 0 bridgehead atoms. The van der Waals surface area contributed by atoms with Crippen LogP contribution in [0.4, 0.5) is 5.13 Å². The first-order valence-electron chi connectivity index (χ1n) is 8.33. The largest absolute Gasteiger partial charge is 0.493 e. The average Bonchev–Trinajstić information content (AvgIpc) is 3.01. The predicted octanol–water partition coefficient (Wildman–Crippen LogP) is 3.07. The number of nitrogens with one attached hydrogen (secondary N) is 2. The number of hydrogen-bond donors (Lipinski definition) is 2. The molecule has 1 aromatic heterocycles. The lowest BCUT2D eigenvalue weighted by Gasteiger charge is -2.21. The number of thiazole rings is 1. The van der Waals surface area contributed by atoms with E-state index in [0.29, 0.717) is 16.6 Å². The molecule has 2 aromatic rings. The molecule has 1 saturated heterocycles. The van der Waals surface area contributed by atoms with E-state index in [9.17, 15) is 4.79 Å². The number of aryl methyl sites for hydroxylation is 1. The molecule has 1 aliphatic rings. The van der Waals surface area contributed by atoms with Crippen LogP contribution in [-0.2, 0) is 4.79 Å². The highest BCUT2D eigenvalue weighted by Crippen LogP contribution is 2.36. The molecule has 2 heterocycles. The SMILES string of the molecule is COc1ccc(-c2nc(NC(=O)[C@@H]3CCCNC3)sc2C)cc1OC. The minimum Gasteiger partial charge on any atom is -0.493 e. The van der Waals surface area contributed by atoms with E-state index in [2.05, 4.69) is 15.6 Å². The van der Waals surface area contributed by atoms with E-state index in [0.717, 1.165) is 42.1 Å². The van der Waals surface area contributed by atoms with Crippen molar-refractivity contribution in [2.24, 2.45) is 5.92 Å². The first-order valence-corrected chi connectivity index (χ1v) is 9.15. The van der Waals surface area contributed by atoms with E-state index in [4.69, 9.17) is 9.47 Å². The Bertz CT molecular complexity index is 754. The second-order valence-electron chi connectivity index (χ2n) is 6.03. The fourth-order valence-electron chi connectivity index (χ4n) is 2.98. The van der Waals surface area contributed by atoms with E-state index < -0.39 is 0 Å². The molecule has 1 aliphatic heterocycles. The molecule has 0 aliphatic carbocycles. The number of methoxy groups -OCH3 is 2. The van der Waals surface area contributed by atoms with Crippen molar-refractivity contribution in [2.75, 3.05) is 32.6 Å². The van der Waals surface area contributed by atoms with Gasteiger partial charge in [0.1, 0.15) is 0 Å². The summed E-state index contributed by atoms with van der Waals surface area (Å²) in [6.45, 7) is 3.73. The van der Waals surface area contributed by atoms with Crippen LogP contribution in [0, 0.1) is 12.8 Å². The zero-order valence-electron chi connectivity index (χ0n) is 14.7. The molecule has 1 fully saturated rings. The van der Waals surface area contributed by atoms with Crippen molar-refractivity contribution in [3.05, 3.63) is 23.1 Å². The van der Waals surface area contributed by atoms with Crippen molar-refractivity contribution >= 4 is 22.4 Å². The predicted molar refractivity (Wildman–Crippen MR) is 99.6 cm³/mol. The first-order chi connectivity index (χ1) is 12.1. The zero-order chi connectivity index (χ0) is 17.8. The highest BCUT2D eigenvalue weighted by molar-refractivity contribution is 7.16. The Hall–Kier alpha value is -2.12. The number of aromatic nitrogens is 1. The summed E-state index contributed by atoms with van der Waals surface area (Å²) in [6, 6.07) is 5.70. The van der Waals surface area contributed by atoms with Crippen molar-refractivity contribution in [1.29, 1.82) is 0 Å². The molecule has 0 saturated carbocycles. The standard InChI is InChI=1S/C18H23N3O3S/c1-11-16(12-6-7-14(23-2)15(9-12)24-3)20-18(25-11)21-17(22)13-5-4-8-19-10-13/h6-7,9,13,19H,4-5,8,10H2,1-3H3,(H,20,21,22)/t13-/m1/s1. The summed E-state index contributed by atoms with van der Waals surface area (Å²) in [5, 5.41) is 6.87. The lowest BCUT2D eigenvalue weighted by Crippen LogP contribution is -2.37. The second-order valence-corrected chi connectivity index (χ2v) is 7.23. The Morgan fingerprint density at radius 1 is 1.32 bits per heavy atom. The van der Waals surface area contributed by atoms with Gasteiger partial charge in [0.25, 0.3) is 0 Å². The molecule has 0 spiro atoms. The fourth-order valence-corrected chi connectivity index (χ4v) is 3.82. The van der Waals surface area contributed by atoms with Gasteiger partial charge in [-0.3, -0.25) is 4.79 Å². The second kappa shape index (κ2) is 7.84. The number of rotatable bonds is 5. The van der Waals surface area contributed by atoms with Gasteiger partial charge in [-0.1, -0.05) is 0 Å². The van der Waals surface area contributed by atoms with Gasteiger partial charge >= 0.3 is 0 Å². The number of nitrogens with zero attached hydrogens (tertiary/aromatic N) is 1. The van der Waals surface area contributed by atoms with Crippen molar-refractivity contribution in [3.63, 3.8) is 0 Å². The highest BCUT2D eigenvalue weighted by Gasteiger charge is 2.22. The lowest BCUT2D eigenvalue weighted by molar-refractivity contribution is -0.120. The van der Waals surface area contributed by atoms with Gasteiger partial charge in [0.05, 0.1) is 25.8 Å². The van der Waals surface area contributed by atoms with E-state index in [1.165, 1.54) is 11.3 Å². The van der Waals surface area contributed by atoms with Gasteiger partial charge in [0, 0.05) is 17.0 Å². The Morgan fingerprint density at radius 2 is 2.12 bits per heavy atom. The minimum absolute atomic E-state index is 0.0162. The zero-order valence-corrected chi connectivity index (χ0v) is 15.5. The third-order valence-corrected chi connectivity index (χ3v) is 5.24. The molecule has 1 amide bonds. The van der Waals surface area contributed by atoms with Gasteiger partial charge in [-0.15, -0.1) is 11.3 Å². The summed E-state index contributed by atoms with van der Waals surface area (Å²) >= 11 is 1.49. The maximum atomic E-state index is 12.4. The summed E-state index contributed by atoms with van der Waals surface area (Å²) in [5.74, 6) is 1.39. The van der Waals surface area contributed by atoms with Gasteiger partial charge < -0.3 is 20.1 Å². The molecule has 134 valence electrons. The summed E-state index contributed by atoms with van der Waals surface area (Å²) in [7, 11) is 3.22. The number of benzene rings is 1. The Balaban J connectivity index is 1.79. The van der Waals surface area contributed by atoms with Gasteiger partial charge in [-0.25, -0.2) is 4.98 Å².